The minimum Gasteiger partial charge on any atom is -0.376 e. The van der Waals surface area contributed by atoms with Crippen LogP contribution in [0.1, 0.15) is 17.0 Å². The van der Waals surface area contributed by atoms with Crippen LogP contribution in [-0.4, -0.2) is 6.61 Å². The summed E-state index contributed by atoms with van der Waals surface area (Å²) in [5, 5.41) is 0.747. The molecule has 0 aromatic heterocycles. The molecule has 0 bridgehead atoms. The Hall–Kier alpha value is -1.57. The Morgan fingerprint density at radius 3 is 2.37 bits per heavy atom. The average molecular weight is 273 g/mol. The van der Waals surface area contributed by atoms with E-state index in [9.17, 15) is 0 Å². The van der Waals surface area contributed by atoms with Crippen LogP contribution >= 0.6 is 11.6 Å². The molecule has 0 fully saturated rings. The number of ether oxygens (including phenoxy) is 1. The molecule has 0 aliphatic rings. The molecule has 98 valence electrons. The van der Waals surface area contributed by atoms with Gasteiger partial charge in [-0.25, -0.2) is 0 Å². The molecule has 0 radical (unpaired) electrons. The Kier molecular flexibility index (Phi) is 5.20. The molecule has 0 heterocycles. The number of rotatable bonds is 6. The summed E-state index contributed by atoms with van der Waals surface area (Å²) in [5.74, 6) is 0.195. The normalized spacial score (nSPS) is 12.1. The fourth-order valence-corrected chi connectivity index (χ4v) is 2.01. The molecule has 2 aromatic carbocycles. The van der Waals surface area contributed by atoms with Crippen molar-refractivity contribution in [2.75, 3.05) is 6.61 Å². The van der Waals surface area contributed by atoms with E-state index in [2.05, 4.69) is 18.7 Å². The van der Waals surface area contributed by atoms with Crippen molar-refractivity contribution in [1.82, 2.24) is 0 Å². The molecule has 0 saturated heterocycles. The highest BCUT2D eigenvalue weighted by atomic mass is 35.5. The molecule has 2 aromatic rings. The van der Waals surface area contributed by atoms with E-state index in [1.165, 1.54) is 11.1 Å². The third-order valence-electron chi connectivity index (χ3n) is 2.99. The smallest absolute Gasteiger partial charge is 0.0717 e. The largest absolute Gasteiger partial charge is 0.376 e. The number of hydrogen-bond acceptors (Lipinski definition) is 1. The first-order valence-electron chi connectivity index (χ1n) is 6.29. The summed E-state index contributed by atoms with van der Waals surface area (Å²) in [6.45, 7) is 5.12. The van der Waals surface area contributed by atoms with Gasteiger partial charge in [0.25, 0.3) is 0 Å². The second-order valence-electron chi connectivity index (χ2n) is 4.39. The molecule has 1 unspecified atom stereocenters. The number of hydrogen-bond donors (Lipinski definition) is 0. The van der Waals surface area contributed by atoms with Gasteiger partial charge in [-0.05, 0) is 23.3 Å². The Bertz CT molecular complexity index is 505. The fraction of sp³-hybridized carbons (Fsp3) is 0.176. The van der Waals surface area contributed by atoms with Crippen LogP contribution < -0.4 is 0 Å². The average Bonchev–Trinajstić information content (AvgIpc) is 2.46. The molecule has 0 amide bonds. The van der Waals surface area contributed by atoms with Crippen LogP contribution in [0.15, 0.2) is 67.3 Å². The lowest BCUT2D eigenvalue weighted by Crippen LogP contribution is -2.05. The molecular weight excluding hydrogens is 256 g/mol. The van der Waals surface area contributed by atoms with E-state index in [-0.39, 0.29) is 5.92 Å². The van der Waals surface area contributed by atoms with Gasteiger partial charge in [-0.1, -0.05) is 60.1 Å². The Morgan fingerprint density at radius 1 is 1.05 bits per heavy atom. The van der Waals surface area contributed by atoms with Crippen LogP contribution in [0.4, 0.5) is 0 Å². The highest BCUT2D eigenvalue weighted by Crippen LogP contribution is 2.20. The lowest BCUT2D eigenvalue weighted by molar-refractivity contribution is 0.115. The van der Waals surface area contributed by atoms with E-state index in [0.29, 0.717) is 13.2 Å². The lowest BCUT2D eigenvalue weighted by Gasteiger charge is -2.13. The van der Waals surface area contributed by atoms with Crippen molar-refractivity contribution in [3.8, 4) is 0 Å². The highest BCUT2D eigenvalue weighted by molar-refractivity contribution is 6.30. The topological polar surface area (TPSA) is 9.23 Å². The summed E-state index contributed by atoms with van der Waals surface area (Å²) < 4.78 is 5.75. The van der Waals surface area contributed by atoms with Crippen molar-refractivity contribution >= 4 is 11.6 Å². The molecule has 2 heteroatoms. The molecular formula is C17H17ClO. The summed E-state index contributed by atoms with van der Waals surface area (Å²) in [7, 11) is 0. The fourth-order valence-electron chi connectivity index (χ4n) is 1.89. The van der Waals surface area contributed by atoms with E-state index in [1.54, 1.807) is 0 Å². The Balaban J connectivity index is 1.89. The minimum absolute atomic E-state index is 0.195. The molecule has 1 atom stereocenters. The first kappa shape index (κ1) is 13.9. The quantitative estimate of drug-likeness (QED) is 0.685. The first-order chi connectivity index (χ1) is 9.29. The van der Waals surface area contributed by atoms with E-state index in [0.717, 1.165) is 5.02 Å². The monoisotopic (exact) mass is 272 g/mol. The van der Waals surface area contributed by atoms with Gasteiger partial charge in [0.05, 0.1) is 13.2 Å². The maximum atomic E-state index is 5.89. The van der Waals surface area contributed by atoms with Gasteiger partial charge in [-0.3, -0.25) is 0 Å². The van der Waals surface area contributed by atoms with Gasteiger partial charge in [-0.2, -0.15) is 0 Å². The van der Waals surface area contributed by atoms with Crippen LogP contribution in [0.3, 0.4) is 0 Å². The van der Waals surface area contributed by atoms with E-state index < -0.39 is 0 Å². The summed E-state index contributed by atoms with van der Waals surface area (Å²) in [6, 6.07) is 18.0. The van der Waals surface area contributed by atoms with Crippen LogP contribution in [0.5, 0.6) is 0 Å². The zero-order valence-corrected chi connectivity index (χ0v) is 11.5. The summed E-state index contributed by atoms with van der Waals surface area (Å²) in [5.41, 5.74) is 2.36. The predicted molar refractivity (Wildman–Crippen MR) is 80.5 cm³/mol. The number of benzene rings is 2. The summed E-state index contributed by atoms with van der Waals surface area (Å²) in [6.07, 6.45) is 1.91. The minimum atomic E-state index is 0.195. The predicted octanol–water partition coefficient (Wildman–Crippen LogP) is 4.83. The first-order valence-corrected chi connectivity index (χ1v) is 6.67. The second-order valence-corrected chi connectivity index (χ2v) is 4.83. The van der Waals surface area contributed by atoms with Crippen molar-refractivity contribution in [1.29, 1.82) is 0 Å². The highest BCUT2D eigenvalue weighted by Gasteiger charge is 2.07. The molecule has 0 N–H and O–H groups in total. The standard InChI is InChI=1S/C17H17ClO/c1-2-15(16-8-10-17(18)11-9-16)13-19-12-14-6-4-3-5-7-14/h2-11,15H,1,12-13H2. The maximum Gasteiger partial charge on any atom is 0.0717 e. The van der Waals surface area contributed by atoms with Crippen LogP contribution in [-0.2, 0) is 11.3 Å². The van der Waals surface area contributed by atoms with Crippen molar-refractivity contribution in [3.05, 3.63) is 83.4 Å². The van der Waals surface area contributed by atoms with Gasteiger partial charge in [0, 0.05) is 10.9 Å². The molecule has 0 aliphatic carbocycles. The SMILES string of the molecule is C=CC(COCc1ccccc1)c1ccc(Cl)cc1. The van der Waals surface area contributed by atoms with Crippen LogP contribution in [0.25, 0.3) is 0 Å². The molecule has 19 heavy (non-hydrogen) atoms. The van der Waals surface area contributed by atoms with Gasteiger partial charge in [0.2, 0.25) is 0 Å². The van der Waals surface area contributed by atoms with Crippen molar-refractivity contribution in [2.45, 2.75) is 12.5 Å². The van der Waals surface area contributed by atoms with E-state index in [4.69, 9.17) is 16.3 Å². The van der Waals surface area contributed by atoms with E-state index >= 15 is 0 Å². The van der Waals surface area contributed by atoms with Gasteiger partial charge < -0.3 is 4.74 Å². The van der Waals surface area contributed by atoms with Crippen molar-refractivity contribution < 1.29 is 4.74 Å². The lowest BCUT2D eigenvalue weighted by atomic mass is 10.0. The van der Waals surface area contributed by atoms with E-state index in [1.807, 2.05) is 48.5 Å². The third-order valence-corrected chi connectivity index (χ3v) is 3.24. The number of halogens is 1. The van der Waals surface area contributed by atoms with Crippen molar-refractivity contribution in [2.24, 2.45) is 0 Å². The zero-order valence-electron chi connectivity index (χ0n) is 10.8. The Labute approximate surface area is 119 Å². The van der Waals surface area contributed by atoms with Crippen molar-refractivity contribution in [3.63, 3.8) is 0 Å². The molecule has 1 nitrogen and oxygen atoms in total. The van der Waals surface area contributed by atoms with Gasteiger partial charge in [0.1, 0.15) is 0 Å². The Morgan fingerprint density at radius 2 is 1.74 bits per heavy atom. The van der Waals surface area contributed by atoms with Gasteiger partial charge in [0.15, 0.2) is 0 Å². The molecule has 0 saturated carbocycles. The zero-order chi connectivity index (χ0) is 13.5. The van der Waals surface area contributed by atoms with Gasteiger partial charge >= 0.3 is 0 Å². The van der Waals surface area contributed by atoms with Crippen LogP contribution in [0.2, 0.25) is 5.02 Å². The molecule has 0 aliphatic heterocycles. The summed E-state index contributed by atoms with van der Waals surface area (Å²) >= 11 is 5.89. The maximum absolute atomic E-state index is 5.89. The third kappa shape index (κ3) is 4.23. The molecule has 2 rings (SSSR count). The van der Waals surface area contributed by atoms with Gasteiger partial charge in [-0.15, -0.1) is 6.58 Å². The second kappa shape index (κ2) is 7.13. The molecule has 0 spiro atoms. The van der Waals surface area contributed by atoms with Crippen LogP contribution in [0, 0.1) is 0 Å². The summed E-state index contributed by atoms with van der Waals surface area (Å²) in [4.78, 5) is 0.